The van der Waals surface area contributed by atoms with Crippen molar-refractivity contribution >= 4 is 13.7 Å². The number of nitrogens with zero attached hydrogens (tertiary/aromatic N) is 2. The fourth-order valence-corrected chi connectivity index (χ4v) is 5.29. The number of rotatable bonds is 10. The monoisotopic (exact) mass is 550 g/mol. The molecule has 0 saturated carbocycles. The van der Waals surface area contributed by atoms with E-state index in [9.17, 15) is 29.3 Å². The summed E-state index contributed by atoms with van der Waals surface area (Å²) < 4.78 is 36.9. The van der Waals surface area contributed by atoms with Gasteiger partial charge in [-0.3, -0.25) is 23.7 Å². The maximum absolute atomic E-state index is 13.7. The summed E-state index contributed by atoms with van der Waals surface area (Å²) in [4.78, 5) is 38.7. The number of carbonyl (C=O) groups excluding carboxylic acids is 1. The van der Waals surface area contributed by atoms with E-state index in [1.54, 1.807) is 32.0 Å². The number of benzene rings is 1. The Labute approximate surface area is 218 Å². The fourth-order valence-electron chi connectivity index (χ4n) is 3.79. The van der Waals surface area contributed by atoms with Crippen LogP contribution in [0.3, 0.4) is 0 Å². The number of nitriles is 1. The summed E-state index contributed by atoms with van der Waals surface area (Å²) in [7, 11) is -4.28. The van der Waals surface area contributed by atoms with Crippen LogP contribution in [0.5, 0.6) is 5.75 Å². The zero-order valence-corrected chi connectivity index (χ0v) is 22.5. The van der Waals surface area contributed by atoms with Crippen molar-refractivity contribution in [2.45, 2.75) is 65.2 Å². The predicted molar refractivity (Wildman–Crippen MR) is 134 cm³/mol. The van der Waals surface area contributed by atoms with Crippen LogP contribution < -0.4 is 20.9 Å². The second-order valence-electron chi connectivity index (χ2n) is 9.38. The summed E-state index contributed by atoms with van der Waals surface area (Å²) in [6.07, 6.45) is -3.22. The minimum Gasteiger partial charge on any atom is -0.462 e. The standard InChI is InChI=1S/C24H31N4O9P/c1-14(2)35-21(31)16(4)27-38(33,37-17-9-7-6-8-10-17)34-12-18-19(29)24(5,13-25)22(36-18)28-11-15(3)20(30)26-23(28)32/h6-11,14,16,18-19,22,29H,12H2,1-5H3,(H,27,33)(H,26,30,32)/t16-,18-,19-,22-,24-,38+/m1/s1. The molecule has 0 amide bonds. The maximum atomic E-state index is 13.7. The van der Waals surface area contributed by atoms with E-state index in [1.807, 2.05) is 6.07 Å². The molecule has 14 heteroatoms. The van der Waals surface area contributed by atoms with Crippen LogP contribution in [-0.2, 0) is 23.4 Å². The molecule has 1 aromatic carbocycles. The largest absolute Gasteiger partial charge is 0.462 e. The second-order valence-corrected chi connectivity index (χ2v) is 11.1. The smallest absolute Gasteiger partial charge is 0.459 e. The lowest BCUT2D eigenvalue weighted by molar-refractivity contribution is -0.149. The Morgan fingerprint density at radius 2 is 1.97 bits per heavy atom. The van der Waals surface area contributed by atoms with E-state index in [-0.39, 0.29) is 11.3 Å². The van der Waals surface area contributed by atoms with Gasteiger partial charge in [-0.2, -0.15) is 10.3 Å². The van der Waals surface area contributed by atoms with Crippen molar-refractivity contribution in [3.05, 3.63) is 62.9 Å². The molecule has 0 aliphatic carbocycles. The molecule has 0 spiro atoms. The summed E-state index contributed by atoms with van der Waals surface area (Å²) in [6.45, 7) is 7.06. The summed E-state index contributed by atoms with van der Waals surface area (Å²) in [6, 6.07) is 8.95. The number of para-hydroxylation sites is 1. The molecule has 0 unspecified atom stereocenters. The van der Waals surface area contributed by atoms with Crippen molar-refractivity contribution in [3.8, 4) is 11.8 Å². The Bertz CT molecular complexity index is 1350. The second kappa shape index (κ2) is 11.6. The van der Waals surface area contributed by atoms with Crippen molar-refractivity contribution in [1.82, 2.24) is 14.6 Å². The zero-order chi connectivity index (χ0) is 28.3. The van der Waals surface area contributed by atoms with E-state index >= 15 is 0 Å². The molecular weight excluding hydrogens is 519 g/mol. The SMILES string of the molecule is Cc1cn([C@@H]2O[C@H](CO[P@@](=O)(N[C@H](C)C(=O)OC(C)C)Oc3ccccc3)[C@@H](O)[C@@]2(C)C#N)c(=O)[nH]c1=O. The number of aliphatic hydroxyl groups excluding tert-OH is 1. The number of esters is 1. The number of nitrogens with one attached hydrogen (secondary N) is 2. The van der Waals surface area contributed by atoms with E-state index in [4.69, 9.17) is 18.5 Å². The lowest BCUT2D eigenvalue weighted by Crippen LogP contribution is -2.41. The van der Waals surface area contributed by atoms with Gasteiger partial charge in [0.1, 0.15) is 29.4 Å². The molecule has 1 fully saturated rings. The van der Waals surface area contributed by atoms with Crippen LogP contribution in [0.2, 0.25) is 0 Å². The number of aromatic nitrogens is 2. The first-order valence-corrected chi connectivity index (χ1v) is 13.4. The Kier molecular flexibility index (Phi) is 8.97. The van der Waals surface area contributed by atoms with Crippen LogP contribution in [-0.4, -0.2) is 51.6 Å². The van der Waals surface area contributed by atoms with Gasteiger partial charge in [0, 0.05) is 11.8 Å². The van der Waals surface area contributed by atoms with E-state index in [1.165, 1.54) is 39.1 Å². The molecule has 2 heterocycles. The van der Waals surface area contributed by atoms with Gasteiger partial charge in [0.2, 0.25) is 0 Å². The number of hydrogen-bond donors (Lipinski definition) is 3. The van der Waals surface area contributed by atoms with Gasteiger partial charge in [-0.15, -0.1) is 0 Å². The van der Waals surface area contributed by atoms with Gasteiger partial charge in [-0.25, -0.2) is 9.36 Å². The summed E-state index contributed by atoms with van der Waals surface area (Å²) in [5, 5.41) is 23.4. The molecular formula is C24H31N4O9P. The first kappa shape index (κ1) is 29.3. The minimum atomic E-state index is -4.28. The van der Waals surface area contributed by atoms with Gasteiger partial charge in [-0.1, -0.05) is 18.2 Å². The lowest BCUT2D eigenvalue weighted by Gasteiger charge is -2.26. The summed E-state index contributed by atoms with van der Waals surface area (Å²) in [5.41, 5.74) is -2.89. The molecule has 38 heavy (non-hydrogen) atoms. The molecule has 3 rings (SSSR count). The molecule has 1 aliphatic rings. The molecule has 3 N–H and O–H groups in total. The highest BCUT2D eigenvalue weighted by Gasteiger charge is 2.55. The quantitative estimate of drug-likeness (QED) is 0.290. The van der Waals surface area contributed by atoms with Crippen molar-refractivity contribution in [2.75, 3.05) is 6.61 Å². The normalized spacial score (nSPS) is 25.4. The van der Waals surface area contributed by atoms with Crippen LogP contribution in [0.15, 0.2) is 46.1 Å². The van der Waals surface area contributed by atoms with Gasteiger partial charge in [0.15, 0.2) is 6.23 Å². The molecule has 0 radical (unpaired) electrons. The van der Waals surface area contributed by atoms with Crippen molar-refractivity contribution in [2.24, 2.45) is 5.41 Å². The van der Waals surface area contributed by atoms with E-state index in [2.05, 4.69) is 10.1 Å². The average Bonchev–Trinajstić information content (AvgIpc) is 3.10. The third kappa shape index (κ3) is 6.40. The highest BCUT2D eigenvalue weighted by Crippen LogP contribution is 2.48. The van der Waals surface area contributed by atoms with E-state index in [0.29, 0.717) is 0 Å². The summed E-state index contributed by atoms with van der Waals surface area (Å²) >= 11 is 0. The van der Waals surface area contributed by atoms with Gasteiger partial charge >= 0.3 is 19.4 Å². The molecule has 1 aliphatic heterocycles. The molecule has 2 aromatic rings. The van der Waals surface area contributed by atoms with Crippen molar-refractivity contribution in [3.63, 3.8) is 0 Å². The third-order valence-electron chi connectivity index (χ3n) is 5.86. The van der Waals surface area contributed by atoms with Gasteiger partial charge in [-0.05, 0) is 46.8 Å². The molecule has 1 saturated heterocycles. The topological polar surface area (TPSA) is 182 Å². The molecule has 6 atom stereocenters. The van der Waals surface area contributed by atoms with Gasteiger partial charge in [0.05, 0.1) is 18.8 Å². The Balaban J connectivity index is 1.86. The number of ether oxygens (including phenoxy) is 2. The number of aliphatic hydroxyl groups is 1. The van der Waals surface area contributed by atoms with Crippen molar-refractivity contribution < 1.29 is 33.0 Å². The van der Waals surface area contributed by atoms with Crippen LogP contribution in [0.4, 0.5) is 0 Å². The number of aromatic amines is 1. The van der Waals surface area contributed by atoms with Crippen molar-refractivity contribution in [1.29, 1.82) is 5.26 Å². The van der Waals surface area contributed by atoms with E-state index in [0.717, 1.165) is 4.57 Å². The third-order valence-corrected chi connectivity index (χ3v) is 7.50. The number of carbonyl (C=O) groups is 1. The molecule has 13 nitrogen and oxygen atoms in total. The zero-order valence-electron chi connectivity index (χ0n) is 21.6. The van der Waals surface area contributed by atoms with Crippen LogP contribution >= 0.6 is 7.75 Å². The lowest BCUT2D eigenvalue weighted by atomic mass is 9.84. The first-order valence-electron chi connectivity index (χ1n) is 11.8. The first-order chi connectivity index (χ1) is 17.8. The minimum absolute atomic E-state index is 0.177. The highest BCUT2D eigenvalue weighted by atomic mass is 31.2. The van der Waals surface area contributed by atoms with Crippen LogP contribution in [0, 0.1) is 23.7 Å². The van der Waals surface area contributed by atoms with Gasteiger partial charge < -0.3 is 19.1 Å². The fraction of sp³-hybridized carbons (Fsp3) is 0.500. The Morgan fingerprint density at radius 3 is 2.58 bits per heavy atom. The maximum Gasteiger partial charge on any atom is 0.459 e. The average molecular weight is 551 g/mol. The summed E-state index contributed by atoms with van der Waals surface area (Å²) in [5.74, 6) is -0.516. The highest BCUT2D eigenvalue weighted by molar-refractivity contribution is 7.52. The predicted octanol–water partition coefficient (Wildman–Crippen LogP) is 1.77. The van der Waals surface area contributed by atoms with Crippen LogP contribution in [0.25, 0.3) is 0 Å². The Morgan fingerprint density at radius 1 is 1.32 bits per heavy atom. The molecule has 0 bridgehead atoms. The van der Waals surface area contributed by atoms with Crippen LogP contribution in [0.1, 0.15) is 39.5 Å². The number of H-pyrrole nitrogens is 1. The molecule has 206 valence electrons. The Hall–Kier alpha value is -3.27. The molecule has 1 aromatic heterocycles. The number of aryl methyl sites for hydroxylation is 1. The van der Waals surface area contributed by atoms with Gasteiger partial charge in [0.25, 0.3) is 5.56 Å². The van der Waals surface area contributed by atoms with E-state index < -0.39 is 67.6 Å². The number of hydrogen-bond acceptors (Lipinski definition) is 10.